The Bertz CT molecular complexity index is 574. The predicted octanol–water partition coefficient (Wildman–Crippen LogP) is 2.95. The van der Waals surface area contributed by atoms with Crippen LogP contribution in [0.4, 0.5) is 0 Å². The molecule has 1 heterocycles. The van der Waals surface area contributed by atoms with E-state index in [1.807, 2.05) is 31.2 Å². The number of benzene rings is 1. The molecule has 0 unspecified atom stereocenters. The fraction of sp³-hybridized carbons (Fsp3) is 0.182. The highest BCUT2D eigenvalue weighted by molar-refractivity contribution is 9.10. The lowest BCUT2D eigenvalue weighted by Gasteiger charge is -2.04. The van der Waals surface area contributed by atoms with Crippen LogP contribution in [0.2, 0.25) is 5.02 Å². The number of hydrogen-bond donors (Lipinski definition) is 1. The molecule has 2 aromatic rings. The van der Waals surface area contributed by atoms with E-state index in [1.54, 1.807) is 0 Å². The number of H-pyrrole nitrogens is 1. The zero-order chi connectivity index (χ0) is 11.7. The van der Waals surface area contributed by atoms with Crippen LogP contribution < -0.4 is 5.56 Å². The summed E-state index contributed by atoms with van der Waals surface area (Å²) < 4.78 is 2.10. The first-order valence-corrected chi connectivity index (χ1v) is 5.95. The highest BCUT2D eigenvalue weighted by Gasteiger charge is 2.09. The Morgan fingerprint density at radius 2 is 2.12 bits per heavy atom. The van der Waals surface area contributed by atoms with Gasteiger partial charge in [0, 0.05) is 10.7 Å². The number of nitrogens with zero attached hydrogens (tertiary/aromatic N) is 1. The number of hydrogen-bond acceptors (Lipinski definition) is 1. The van der Waals surface area contributed by atoms with Crippen molar-refractivity contribution >= 4 is 27.5 Å². The third-order valence-electron chi connectivity index (χ3n) is 2.35. The van der Waals surface area contributed by atoms with E-state index in [0.717, 1.165) is 11.3 Å². The summed E-state index contributed by atoms with van der Waals surface area (Å²) >= 11 is 9.27. The Balaban J connectivity index is 2.38. The van der Waals surface area contributed by atoms with Gasteiger partial charge in [0.25, 0.3) is 5.56 Å². The molecule has 0 bridgehead atoms. The van der Waals surface area contributed by atoms with Crippen LogP contribution in [0.15, 0.2) is 33.5 Å². The first-order valence-electron chi connectivity index (χ1n) is 4.78. The monoisotopic (exact) mass is 300 g/mol. The molecule has 0 fully saturated rings. The second-order valence-corrected chi connectivity index (χ2v) is 4.73. The van der Waals surface area contributed by atoms with Crippen molar-refractivity contribution in [3.63, 3.8) is 0 Å². The lowest BCUT2D eigenvalue weighted by molar-refractivity contribution is 0.657. The fourth-order valence-electron chi connectivity index (χ4n) is 1.49. The normalized spacial score (nSPS) is 10.7. The molecule has 0 saturated carbocycles. The molecule has 84 valence electrons. The molecule has 1 N–H and O–H groups in total. The van der Waals surface area contributed by atoms with Gasteiger partial charge in [0.05, 0.1) is 6.54 Å². The van der Waals surface area contributed by atoms with Crippen molar-refractivity contribution in [2.45, 2.75) is 13.5 Å². The van der Waals surface area contributed by atoms with Gasteiger partial charge in [-0.05, 0) is 34.5 Å². The maximum absolute atomic E-state index is 11.7. The summed E-state index contributed by atoms with van der Waals surface area (Å²) in [6.45, 7) is 2.29. The Morgan fingerprint density at radius 1 is 1.44 bits per heavy atom. The number of rotatable bonds is 2. The highest BCUT2D eigenvalue weighted by Crippen LogP contribution is 2.16. The zero-order valence-electron chi connectivity index (χ0n) is 8.63. The molecule has 16 heavy (non-hydrogen) atoms. The summed E-state index contributed by atoms with van der Waals surface area (Å²) in [5, 5.41) is 3.65. The van der Waals surface area contributed by atoms with Gasteiger partial charge < -0.3 is 0 Å². The van der Waals surface area contributed by atoms with Crippen LogP contribution in [-0.4, -0.2) is 9.78 Å². The number of aromatic amines is 1. The average molecular weight is 302 g/mol. The molecule has 0 aliphatic rings. The molecule has 2 rings (SSSR count). The minimum atomic E-state index is -0.0718. The second kappa shape index (κ2) is 4.47. The molecule has 0 amide bonds. The third kappa shape index (κ3) is 2.08. The molecule has 1 aromatic carbocycles. The smallest absolute Gasteiger partial charge is 0.281 e. The lowest BCUT2D eigenvalue weighted by atomic mass is 10.2. The van der Waals surface area contributed by atoms with E-state index in [2.05, 4.69) is 21.0 Å². The van der Waals surface area contributed by atoms with E-state index in [-0.39, 0.29) is 5.56 Å². The number of aryl methyl sites for hydroxylation is 1. The summed E-state index contributed by atoms with van der Waals surface area (Å²) in [6, 6.07) is 7.48. The molecule has 3 nitrogen and oxygen atoms in total. The van der Waals surface area contributed by atoms with Gasteiger partial charge in [-0.2, -0.15) is 0 Å². The van der Waals surface area contributed by atoms with Crippen LogP contribution in [0.3, 0.4) is 0 Å². The van der Waals surface area contributed by atoms with E-state index in [0.29, 0.717) is 16.0 Å². The molecule has 0 aliphatic carbocycles. The van der Waals surface area contributed by atoms with Gasteiger partial charge in [-0.3, -0.25) is 9.89 Å². The van der Waals surface area contributed by atoms with Gasteiger partial charge in [0.15, 0.2) is 0 Å². The topological polar surface area (TPSA) is 37.8 Å². The van der Waals surface area contributed by atoms with Crippen molar-refractivity contribution in [3.05, 3.63) is 55.4 Å². The van der Waals surface area contributed by atoms with Crippen molar-refractivity contribution in [1.29, 1.82) is 0 Å². The summed E-state index contributed by atoms with van der Waals surface area (Å²) in [6.07, 6.45) is 0. The first kappa shape index (κ1) is 11.5. The largest absolute Gasteiger partial charge is 0.299 e. The van der Waals surface area contributed by atoms with Crippen molar-refractivity contribution in [3.8, 4) is 0 Å². The summed E-state index contributed by atoms with van der Waals surface area (Å²) in [5.41, 5.74) is 1.66. The quantitative estimate of drug-likeness (QED) is 0.910. The molecular weight excluding hydrogens is 291 g/mol. The van der Waals surface area contributed by atoms with Crippen LogP contribution in [0.1, 0.15) is 11.3 Å². The van der Waals surface area contributed by atoms with Gasteiger partial charge in [-0.25, -0.2) is 4.68 Å². The van der Waals surface area contributed by atoms with Gasteiger partial charge >= 0.3 is 0 Å². The Kier molecular flexibility index (Phi) is 3.21. The van der Waals surface area contributed by atoms with Crippen LogP contribution in [0.5, 0.6) is 0 Å². The van der Waals surface area contributed by atoms with Gasteiger partial charge in [0.1, 0.15) is 4.47 Å². The van der Waals surface area contributed by atoms with Crippen molar-refractivity contribution in [1.82, 2.24) is 9.78 Å². The standard InChI is InChI=1S/C11H10BrClN2O/c1-7-10(12)11(16)15(14-7)6-8-4-2-3-5-9(8)13/h2-5,14H,6H2,1H3. The Hall–Kier alpha value is -1.00. The van der Waals surface area contributed by atoms with Crippen molar-refractivity contribution in [2.75, 3.05) is 0 Å². The molecule has 5 heteroatoms. The minimum Gasteiger partial charge on any atom is -0.299 e. The Morgan fingerprint density at radius 3 is 2.69 bits per heavy atom. The second-order valence-electron chi connectivity index (χ2n) is 3.53. The van der Waals surface area contributed by atoms with Crippen LogP contribution in [0, 0.1) is 6.92 Å². The first-order chi connectivity index (χ1) is 7.59. The molecular formula is C11H10BrClN2O. The van der Waals surface area contributed by atoms with Gasteiger partial charge in [-0.15, -0.1) is 0 Å². The van der Waals surface area contributed by atoms with Gasteiger partial charge in [-0.1, -0.05) is 29.8 Å². The van der Waals surface area contributed by atoms with E-state index in [1.165, 1.54) is 4.68 Å². The van der Waals surface area contributed by atoms with Crippen molar-refractivity contribution in [2.24, 2.45) is 0 Å². The molecule has 0 radical (unpaired) electrons. The van der Waals surface area contributed by atoms with E-state index in [9.17, 15) is 4.79 Å². The lowest BCUT2D eigenvalue weighted by Crippen LogP contribution is -2.17. The van der Waals surface area contributed by atoms with Crippen LogP contribution >= 0.6 is 27.5 Å². The minimum absolute atomic E-state index is 0.0718. The number of nitrogens with one attached hydrogen (secondary N) is 1. The molecule has 0 atom stereocenters. The van der Waals surface area contributed by atoms with Crippen molar-refractivity contribution < 1.29 is 0 Å². The average Bonchev–Trinajstić information content (AvgIpc) is 2.50. The number of aromatic nitrogens is 2. The maximum Gasteiger partial charge on any atom is 0.281 e. The highest BCUT2D eigenvalue weighted by atomic mass is 79.9. The maximum atomic E-state index is 11.7. The summed E-state index contributed by atoms with van der Waals surface area (Å²) in [5.74, 6) is 0. The summed E-state index contributed by atoms with van der Waals surface area (Å²) in [7, 11) is 0. The van der Waals surface area contributed by atoms with Gasteiger partial charge in [0.2, 0.25) is 0 Å². The predicted molar refractivity (Wildman–Crippen MR) is 68.0 cm³/mol. The fourth-order valence-corrected chi connectivity index (χ4v) is 1.99. The molecule has 0 aliphatic heterocycles. The third-order valence-corrected chi connectivity index (χ3v) is 3.65. The molecule has 1 aromatic heterocycles. The Labute approximate surface area is 106 Å². The van der Waals surface area contributed by atoms with Crippen LogP contribution in [-0.2, 0) is 6.54 Å². The number of halogens is 2. The van der Waals surface area contributed by atoms with E-state index < -0.39 is 0 Å². The molecule has 0 spiro atoms. The zero-order valence-corrected chi connectivity index (χ0v) is 11.0. The SMILES string of the molecule is Cc1[nH]n(Cc2ccccc2Cl)c(=O)c1Br. The van der Waals surface area contributed by atoms with Crippen LogP contribution in [0.25, 0.3) is 0 Å². The van der Waals surface area contributed by atoms with E-state index in [4.69, 9.17) is 11.6 Å². The summed E-state index contributed by atoms with van der Waals surface area (Å²) in [4.78, 5) is 11.7. The molecule has 0 saturated heterocycles. The van der Waals surface area contributed by atoms with E-state index >= 15 is 0 Å².